The maximum absolute atomic E-state index is 14.1. The third-order valence-electron chi connectivity index (χ3n) is 9.54. The summed E-state index contributed by atoms with van der Waals surface area (Å²) < 4.78 is 6.16. The number of rotatable bonds is 8. The molecular formula is C38H36BN3O5. The normalized spacial score (nSPS) is 22.7. The SMILES string of the molecule is CC1=C2[C@@H](CC/C(=C/c3ccc(O)cc3)c3ccccn3)OB(O)C[C@@H]2[C@@H]2C(=O)N(c3ccc(Nc4ccccc4)cc3)C(=O)[C@@H]2C1. The summed E-state index contributed by atoms with van der Waals surface area (Å²) in [5.41, 5.74) is 7.21. The molecule has 47 heavy (non-hydrogen) atoms. The Morgan fingerprint density at radius 1 is 0.936 bits per heavy atom. The zero-order valence-electron chi connectivity index (χ0n) is 26.1. The fourth-order valence-corrected chi connectivity index (χ4v) is 7.44. The van der Waals surface area contributed by atoms with Crippen molar-refractivity contribution >= 4 is 47.6 Å². The largest absolute Gasteiger partial charge is 0.508 e. The number of amides is 2. The molecule has 236 valence electrons. The topological polar surface area (TPSA) is 112 Å². The number of aromatic hydroxyl groups is 1. The van der Waals surface area contributed by atoms with Crippen molar-refractivity contribution in [3.05, 3.63) is 126 Å². The van der Waals surface area contributed by atoms with E-state index in [0.717, 1.165) is 39.4 Å². The molecule has 2 aliphatic heterocycles. The number of hydrogen-bond acceptors (Lipinski definition) is 7. The first-order valence-corrected chi connectivity index (χ1v) is 16.1. The van der Waals surface area contributed by atoms with Gasteiger partial charge in [0.25, 0.3) is 0 Å². The Balaban J connectivity index is 1.12. The number of fused-ring (bicyclic) bond motifs is 3. The predicted molar refractivity (Wildman–Crippen MR) is 184 cm³/mol. The van der Waals surface area contributed by atoms with Crippen LogP contribution in [0.3, 0.4) is 0 Å². The number of anilines is 3. The maximum Gasteiger partial charge on any atom is 0.455 e. The third-order valence-corrected chi connectivity index (χ3v) is 9.54. The van der Waals surface area contributed by atoms with Gasteiger partial charge in [-0.15, -0.1) is 0 Å². The van der Waals surface area contributed by atoms with Gasteiger partial charge in [-0.3, -0.25) is 19.5 Å². The van der Waals surface area contributed by atoms with E-state index in [4.69, 9.17) is 4.65 Å². The van der Waals surface area contributed by atoms with Crippen LogP contribution in [0.15, 0.2) is 114 Å². The lowest BCUT2D eigenvalue weighted by Crippen LogP contribution is -2.46. The molecule has 4 aromatic rings. The first-order valence-electron chi connectivity index (χ1n) is 16.1. The molecule has 0 spiro atoms. The molecule has 0 bridgehead atoms. The second kappa shape index (κ2) is 13.0. The number of nitrogens with zero attached hydrogens (tertiary/aromatic N) is 2. The highest BCUT2D eigenvalue weighted by atomic mass is 16.5. The molecule has 0 saturated carbocycles. The van der Waals surface area contributed by atoms with Crippen LogP contribution in [-0.2, 0) is 14.2 Å². The van der Waals surface area contributed by atoms with Gasteiger partial charge in [0.2, 0.25) is 11.8 Å². The number of phenols is 1. The van der Waals surface area contributed by atoms with E-state index in [9.17, 15) is 19.7 Å². The number of pyridine rings is 1. The second-order valence-corrected chi connectivity index (χ2v) is 12.6. The van der Waals surface area contributed by atoms with Gasteiger partial charge in [-0.1, -0.05) is 42.0 Å². The molecule has 8 nitrogen and oxygen atoms in total. The van der Waals surface area contributed by atoms with E-state index in [0.29, 0.717) is 24.9 Å². The molecule has 2 fully saturated rings. The molecule has 7 rings (SSSR count). The summed E-state index contributed by atoms with van der Waals surface area (Å²) in [6.45, 7) is 2.03. The Morgan fingerprint density at radius 3 is 2.38 bits per heavy atom. The average Bonchev–Trinajstić information content (AvgIpc) is 3.33. The first kappa shape index (κ1) is 30.7. The smallest absolute Gasteiger partial charge is 0.455 e. The van der Waals surface area contributed by atoms with Crippen molar-refractivity contribution < 1.29 is 24.4 Å². The number of carbonyl (C=O) groups is 2. The lowest BCUT2D eigenvalue weighted by atomic mass is 9.58. The summed E-state index contributed by atoms with van der Waals surface area (Å²) in [6.07, 6.45) is 5.33. The minimum absolute atomic E-state index is 0.186. The van der Waals surface area contributed by atoms with E-state index in [2.05, 4.69) is 10.3 Å². The van der Waals surface area contributed by atoms with Gasteiger partial charge in [-0.25, -0.2) is 0 Å². The summed E-state index contributed by atoms with van der Waals surface area (Å²) in [6, 6.07) is 30.0. The minimum Gasteiger partial charge on any atom is -0.508 e. The number of aromatic nitrogens is 1. The van der Waals surface area contributed by atoms with Gasteiger partial charge in [0.15, 0.2) is 0 Å². The Hall–Kier alpha value is -4.99. The number of carbonyl (C=O) groups excluding carboxylic acids is 2. The van der Waals surface area contributed by atoms with E-state index in [-0.39, 0.29) is 29.8 Å². The molecule has 2 amide bonds. The van der Waals surface area contributed by atoms with E-state index in [1.165, 1.54) is 4.90 Å². The van der Waals surface area contributed by atoms with E-state index >= 15 is 0 Å². The standard InChI is InChI=1S/C38H36BN3O5/c1-24-21-31-36(38(45)42(37(31)44)29-15-13-28(14-16-29)41-27-7-3-2-4-8-27)32-23-39(46)47-34(35(24)32)19-12-26(33-9-5-6-20-40-33)22-25-10-17-30(43)18-11-25/h2-11,13-18,20,22,31-32,34,36,41,43,46H,12,19,21,23H2,1H3/b26-22-/t31-,32+,34-,36-/m1/s1. The lowest BCUT2D eigenvalue weighted by molar-refractivity contribution is -0.122. The molecule has 1 aromatic heterocycles. The second-order valence-electron chi connectivity index (χ2n) is 12.6. The summed E-state index contributed by atoms with van der Waals surface area (Å²) in [5.74, 6) is -1.51. The lowest BCUT2D eigenvalue weighted by Gasteiger charge is -2.42. The molecule has 3 aliphatic rings. The van der Waals surface area contributed by atoms with Gasteiger partial charge in [-0.05, 0) is 122 Å². The van der Waals surface area contributed by atoms with Crippen LogP contribution in [0.2, 0.25) is 6.32 Å². The van der Waals surface area contributed by atoms with Crippen molar-refractivity contribution in [1.82, 2.24) is 4.98 Å². The Bertz CT molecular complexity index is 1830. The van der Waals surface area contributed by atoms with Gasteiger partial charge in [-0.2, -0.15) is 0 Å². The van der Waals surface area contributed by atoms with Crippen LogP contribution in [0.5, 0.6) is 5.75 Å². The van der Waals surface area contributed by atoms with Gasteiger partial charge < -0.3 is 20.1 Å². The minimum atomic E-state index is -1.04. The van der Waals surface area contributed by atoms with Crippen LogP contribution in [0.4, 0.5) is 17.1 Å². The van der Waals surface area contributed by atoms with Crippen LogP contribution in [-0.4, -0.2) is 40.2 Å². The van der Waals surface area contributed by atoms with Crippen LogP contribution in [0, 0.1) is 17.8 Å². The van der Waals surface area contributed by atoms with Crippen molar-refractivity contribution in [3.63, 3.8) is 0 Å². The van der Waals surface area contributed by atoms with Crippen LogP contribution >= 0.6 is 0 Å². The van der Waals surface area contributed by atoms with Gasteiger partial charge >= 0.3 is 7.12 Å². The predicted octanol–water partition coefficient (Wildman–Crippen LogP) is 6.87. The van der Waals surface area contributed by atoms with Crippen molar-refractivity contribution in [3.8, 4) is 5.75 Å². The van der Waals surface area contributed by atoms with E-state index in [1.54, 1.807) is 30.5 Å². The molecule has 3 heterocycles. The number of benzene rings is 3. The number of phenolic OH excluding ortho intramolecular Hbond substituents is 1. The fraction of sp³-hybridized carbons (Fsp3) is 0.237. The summed E-state index contributed by atoms with van der Waals surface area (Å²) in [7, 11) is -1.04. The monoisotopic (exact) mass is 625 g/mol. The van der Waals surface area contributed by atoms with Crippen molar-refractivity contribution in [1.29, 1.82) is 0 Å². The molecule has 0 radical (unpaired) electrons. The molecule has 9 heteroatoms. The first-order chi connectivity index (χ1) is 22.9. The van der Waals surface area contributed by atoms with Crippen LogP contribution in [0.1, 0.15) is 37.4 Å². The van der Waals surface area contributed by atoms with E-state index in [1.807, 2.05) is 85.8 Å². The molecule has 3 aromatic carbocycles. The van der Waals surface area contributed by atoms with Gasteiger partial charge in [0, 0.05) is 17.6 Å². The highest BCUT2D eigenvalue weighted by Gasteiger charge is 2.57. The van der Waals surface area contributed by atoms with Crippen molar-refractivity contribution in [2.24, 2.45) is 17.8 Å². The molecule has 2 saturated heterocycles. The molecule has 4 atom stereocenters. The quantitative estimate of drug-likeness (QED) is 0.111. The highest BCUT2D eigenvalue weighted by molar-refractivity contribution is 6.43. The Morgan fingerprint density at radius 2 is 1.66 bits per heavy atom. The zero-order valence-corrected chi connectivity index (χ0v) is 26.1. The molecule has 0 unspecified atom stereocenters. The van der Waals surface area contributed by atoms with Crippen LogP contribution in [0.25, 0.3) is 11.6 Å². The number of hydrogen-bond donors (Lipinski definition) is 3. The Kier molecular flexibility index (Phi) is 8.49. The van der Waals surface area contributed by atoms with E-state index < -0.39 is 25.1 Å². The van der Waals surface area contributed by atoms with Crippen LogP contribution < -0.4 is 10.2 Å². The molecule has 1 aliphatic carbocycles. The summed E-state index contributed by atoms with van der Waals surface area (Å²) in [4.78, 5) is 33.8. The summed E-state index contributed by atoms with van der Waals surface area (Å²) in [5, 5.41) is 24.0. The molecular weight excluding hydrogens is 589 g/mol. The van der Waals surface area contributed by atoms with Crippen molar-refractivity contribution in [2.45, 2.75) is 38.6 Å². The number of para-hydroxylation sites is 1. The number of allylic oxidation sites excluding steroid dienone is 2. The number of nitrogens with one attached hydrogen (secondary N) is 1. The number of imide groups is 1. The Labute approximate surface area is 274 Å². The van der Waals surface area contributed by atoms with Crippen molar-refractivity contribution in [2.75, 3.05) is 10.2 Å². The summed E-state index contributed by atoms with van der Waals surface area (Å²) >= 11 is 0. The van der Waals surface area contributed by atoms with Gasteiger partial charge in [0.05, 0.1) is 29.3 Å². The zero-order chi connectivity index (χ0) is 32.5. The average molecular weight is 626 g/mol. The fourth-order valence-electron chi connectivity index (χ4n) is 7.44. The maximum atomic E-state index is 14.1. The molecule has 3 N–H and O–H groups in total. The van der Waals surface area contributed by atoms with Gasteiger partial charge in [0.1, 0.15) is 5.75 Å². The highest BCUT2D eigenvalue weighted by Crippen LogP contribution is 2.51. The third kappa shape index (κ3) is 6.24.